The highest BCUT2D eigenvalue weighted by molar-refractivity contribution is 8.00. The quantitative estimate of drug-likeness (QED) is 0.493. The second kappa shape index (κ2) is 9.12. The molecule has 3 aromatic rings. The maximum absolute atomic E-state index is 14.1. The highest BCUT2D eigenvalue weighted by Gasteiger charge is 2.35. The molecule has 4 nitrogen and oxygen atoms in total. The van der Waals surface area contributed by atoms with Crippen molar-refractivity contribution in [2.24, 2.45) is 0 Å². The van der Waals surface area contributed by atoms with Crippen LogP contribution in [0.3, 0.4) is 0 Å². The van der Waals surface area contributed by atoms with Gasteiger partial charge in [0.25, 0.3) is 0 Å². The molecule has 31 heavy (non-hydrogen) atoms. The van der Waals surface area contributed by atoms with E-state index in [0.29, 0.717) is 28.3 Å². The van der Waals surface area contributed by atoms with Gasteiger partial charge in [-0.15, -0.1) is 23.4 Å². The fraction of sp³-hybridized carbons (Fsp3) is 0.167. The van der Waals surface area contributed by atoms with Crippen LogP contribution in [0.15, 0.2) is 72.8 Å². The Morgan fingerprint density at radius 2 is 1.87 bits per heavy atom. The summed E-state index contributed by atoms with van der Waals surface area (Å²) in [6.07, 6.45) is 0. The molecule has 1 saturated heterocycles. The molecule has 3 aromatic carbocycles. The third-order valence-electron chi connectivity index (χ3n) is 5.13. The summed E-state index contributed by atoms with van der Waals surface area (Å²) in [5, 5.41) is 1.71. The highest BCUT2D eigenvalue weighted by atomic mass is 35.5. The summed E-state index contributed by atoms with van der Waals surface area (Å²) in [5.74, 6) is -0.466. The molecule has 2 atom stereocenters. The lowest BCUT2D eigenvalue weighted by molar-refractivity contribution is -0.116. The Hall–Kier alpha value is -2.83. The Bertz CT molecular complexity index is 1130. The van der Waals surface area contributed by atoms with Crippen molar-refractivity contribution >= 4 is 46.6 Å². The lowest BCUT2D eigenvalue weighted by Gasteiger charge is -2.26. The van der Waals surface area contributed by atoms with Gasteiger partial charge >= 0.3 is 0 Å². The van der Waals surface area contributed by atoms with Crippen LogP contribution in [0.4, 0.5) is 15.8 Å². The Morgan fingerprint density at radius 3 is 2.65 bits per heavy atom. The summed E-state index contributed by atoms with van der Waals surface area (Å²) in [4.78, 5) is 26.9. The summed E-state index contributed by atoms with van der Waals surface area (Å²) in [6, 6.07) is 21.2. The molecule has 0 aromatic heterocycles. The van der Waals surface area contributed by atoms with Crippen LogP contribution < -0.4 is 10.2 Å². The van der Waals surface area contributed by atoms with E-state index in [1.54, 1.807) is 42.2 Å². The van der Waals surface area contributed by atoms with Gasteiger partial charge in [-0.25, -0.2) is 4.39 Å². The van der Waals surface area contributed by atoms with Crippen LogP contribution >= 0.6 is 23.4 Å². The summed E-state index contributed by atoms with van der Waals surface area (Å²) >= 11 is 7.79. The van der Waals surface area contributed by atoms with Crippen LogP contribution in [-0.4, -0.2) is 17.6 Å². The van der Waals surface area contributed by atoms with Gasteiger partial charge in [-0.3, -0.25) is 14.5 Å². The molecule has 4 rings (SSSR count). The summed E-state index contributed by atoms with van der Waals surface area (Å²) in [5.41, 5.74) is 3.12. The first kappa shape index (κ1) is 21.4. The minimum Gasteiger partial charge on any atom is -0.324 e. The number of benzene rings is 3. The molecule has 1 N–H and O–H groups in total. The fourth-order valence-corrected chi connectivity index (χ4v) is 4.90. The lowest BCUT2D eigenvalue weighted by atomic mass is 10.1. The first-order valence-corrected chi connectivity index (χ1v) is 11.2. The number of alkyl halides is 1. The number of carbonyl (C=O) groups is 2. The van der Waals surface area contributed by atoms with E-state index in [-0.39, 0.29) is 23.0 Å². The van der Waals surface area contributed by atoms with Crippen LogP contribution in [0, 0.1) is 12.7 Å². The number of hydrogen-bond donors (Lipinski definition) is 1. The molecule has 0 bridgehead atoms. The van der Waals surface area contributed by atoms with Gasteiger partial charge < -0.3 is 5.32 Å². The number of halogens is 2. The number of amides is 2. The maximum Gasteiger partial charge on any atom is 0.246 e. The Kier molecular flexibility index (Phi) is 6.30. The third kappa shape index (κ3) is 4.45. The summed E-state index contributed by atoms with van der Waals surface area (Å²) in [6.45, 7) is 1.67. The molecular formula is C24H20ClFN2O2S. The molecular weight excluding hydrogens is 435 g/mol. The number of hydrogen-bond acceptors (Lipinski definition) is 3. The van der Waals surface area contributed by atoms with Crippen molar-refractivity contribution in [2.45, 2.75) is 17.7 Å². The van der Waals surface area contributed by atoms with Crippen LogP contribution in [-0.2, 0) is 9.59 Å². The van der Waals surface area contributed by atoms with E-state index in [1.165, 1.54) is 17.8 Å². The lowest BCUT2D eigenvalue weighted by Crippen LogP contribution is -2.28. The van der Waals surface area contributed by atoms with E-state index in [0.717, 1.165) is 5.56 Å². The smallest absolute Gasteiger partial charge is 0.246 e. The minimum atomic E-state index is -0.821. The van der Waals surface area contributed by atoms with Crippen molar-refractivity contribution in [3.8, 4) is 0 Å². The SMILES string of the molecule is Cc1c(F)cccc1N1C(=O)CS[C@H]1c1cccc(NC(=O)[C@H](Cl)c2ccccc2)c1. The van der Waals surface area contributed by atoms with Gasteiger partial charge in [0.05, 0.1) is 11.4 Å². The van der Waals surface area contributed by atoms with Crippen LogP contribution in [0.5, 0.6) is 0 Å². The number of nitrogens with zero attached hydrogens (tertiary/aromatic N) is 1. The first-order valence-electron chi connectivity index (χ1n) is 9.74. The zero-order valence-electron chi connectivity index (χ0n) is 16.7. The van der Waals surface area contributed by atoms with Gasteiger partial charge in [-0.1, -0.05) is 48.5 Å². The molecule has 0 unspecified atom stereocenters. The topological polar surface area (TPSA) is 49.4 Å². The van der Waals surface area contributed by atoms with Crippen molar-refractivity contribution in [3.63, 3.8) is 0 Å². The van der Waals surface area contributed by atoms with Crippen molar-refractivity contribution in [3.05, 3.63) is 95.3 Å². The average molecular weight is 455 g/mol. The monoisotopic (exact) mass is 454 g/mol. The Labute approximate surface area is 189 Å². The van der Waals surface area contributed by atoms with E-state index < -0.39 is 5.38 Å². The molecule has 0 radical (unpaired) electrons. The number of thioether (sulfide) groups is 1. The fourth-order valence-electron chi connectivity index (χ4n) is 3.54. The van der Waals surface area contributed by atoms with Gasteiger partial charge in [0.1, 0.15) is 16.6 Å². The van der Waals surface area contributed by atoms with Crippen LogP contribution in [0.25, 0.3) is 0 Å². The largest absolute Gasteiger partial charge is 0.324 e. The average Bonchev–Trinajstić information content (AvgIpc) is 3.17. The Balaban J connectivity index is 1.58. The number of rotatable bonds is 5. The molecule has 7 heteroatoms. The molecule has 0 spiro atoms. The van der Waals surface area contributed by atoms with Gasteiger partial charge in [0, 0.05) is 11.3 Å². The standard InChI is InChI=1S/C24H20ClFN2O2S/c1-15-19(26)11-6-12-20(15)28-21(29)14-31-24(28)17-9-5-10-18(13-17)27-23(30)22(25)16-7-3-2-4-8-16/h2-13,22,24H,14H2,1H3,(H,27,30)/t22-,24+/m1/s1. The molecule has 1 aliphatic rings. The van der Waals surface area contributed by atoms with Crippen LogP contribution in [0.1, 0.15) is 27.4 Å². The zero-order valence-corrected chi connectivity index (χ0v) is 18.3. The minimum absolute atomic E-state index is 0.0805. The molecule has 158 valence electrons. The van der Waals surface area contributed by atoms with Crippen molar-refractivity contribution in [1.82, 2.24) is 0 Å². The van der Waals surface area contributed by atoms with E-state index >= 15 is 0 Å². The Morgan fingerprint density at radius 1 is 1.13 bits per heavy atom. The first-order chi connectivity index (χ1) is 15.0. The van der Waals surface area contributed by atoms with Crippen LogP contribution in [0.2, 0.25) is 0 Å². The highest BCUT2D eigenvalue weighted by Crippen LogP contribution is 2.43. The molecule has 0 aliphatic carbocycles. The second-order valence-electron chi connectivity index (χ2n) is 7.20. The molecule has 2 amide bonds. The van der Waals surface area contributed by atoms with Crippen molar-refractivity contribution < 1.29 is 14.0 Å². The van der Waals surface area contributed by atoms with Crippen molar-refractivity contribution in [1.29, 1.82) is 0 Å². The molecule has 1 aliphatic heterocycles. The number of anilines is 2. The predicted molar refractivity (Wildman–Crippen MR) is 124 cm³/mol. The zero-order chi connectivity index (χ0) is 22.0. The number of carbonyl (C=O) groups excluding carboxylic acids is 2. The third-order valence-corrected chi connectivity index (χ3v) is 6.79. The normalized spacial score (nSPS) is 16.9. The second-order valence-corrected chi connectivity index (χ2v) is 8.70. The van der Waals surface area contributed by atoms with Gasteiger partial charge in [0.2, 0.25) is 11.8 Å². The molecule has 0 saturated carbocycles. The van der Waals surface area contributed by atoms with E-state index in [2.05, 4.69) is 5.32 Å². The summed E-state index contributed by atoms with van der Waals surface area (Å²) in [7, 11) is 0. The van der Waals surface area contributed by atoms with E-state index in [4.69, 9.17) is 11.6 Å². The van der Waals surface area contributed by atoms with Gasteiger partial charge in [-0.05, 0) is 42.3 Å². The van der Waals surface area contributed by atoms with E-state index in [1.807, 2.05) is 36.4 Å². The predicted octanol–water partition coefficient (Wildman–Crippen LogP) is 5.83. The van der Waals surface area contributed by atoms with Gasteiger partial charge in [-0.2, -0.15) is 0 Å². The number of nitrogens with one attached hydrogen (secondary N) is 1. The maximum atomic E-state index is 14.1. The van der Waals surface area contributed by atoms with E-state index in [9.17, 15) is 14.0 Å². The molecule has 1 fully saturated rings. The summed E-state index contributed by atoms with van der Waals surface area (Å²) < 4.78 is 14.1. The van der Waals surface area contributed by atoms with Gasteiger partial charge in [0.15, 0.2) is 0 Å². The van der Waals surface area contributed by atoms with Crippen molar-refractivity contribution in [2.75, 3.05) is 16.0 Å². The molecule has 1 heterocycles.